The van der Waals surface area contributed by atoms with Crippen LogP contribution in [0, 0.1) is 0 Å². The van der Waals surface area contributed by atoms with Crippen molar-refractivity contribution in [2.45, 2.75) is 31.2 Å². The van der Waals surface area contributed by atoms with Crippen molar-refractivity contribution in [2.75, 3.05) is 57.4 Å². The zero-order valence-corrected chi connectivity index (χ0v) is 25.9. The van der Waals surface area contributed by atoms with E-state index in [0.29, 0.717) is 43.4 Å². The molecule has 0 spiro atoms. The van der Waals surface area contributed by atoms with Crippen molar-refractivity contribution < 1.29 is 22.7 Å². The van der Waals surface area contributed by atoms with Gasteiger partial charge in [-0.2, -0.15) is 4.31 Å². The monoisotopic (exact) mass is 620 g/mol. The van der Waals surface area contributed by atoms with Crippen molar-refractivity contribution in [3.05, 3.63) is 83.4 Å². The van der Waals surface area contributed by atoms with Crippen LogP contribution in [0.1, 0.15) is 34.8 Å². The highest BCUT2D eigenvalue weighted by Gasteiger charge is 2.29. The highest BCUT2D eigenvalue weighted by molar-refractivity contribution is 7.89. The van der Waals surface area contributed by atoms with Crippen molar-refractivity contribution in [1.82, 2.24) is 14.2 Å². The lowest BCUT2D eigenvalue weighted by Crippen LogP contribution is -2.39. The first-order valence-electron chi connectivity index (χ1n) is 14.7. The minimum atomic E-state index is -3.70. The second-order valence-corrected chi connectivity index (χ2v) is 13.7. The lowest BCUT2D eigenvalue weighted by Gasteiger charge is -2.28. The van der Waals surface area contributed by atoms with E-state index < -0.39 is 10.0 Å². The average Bonchev–Trinajstić information content (AvgIpc) is 3.46. The van der Waals surface area contributed by atoms with E-state index in [0.717, 1.165) is 60.8 Å². The first-order valence-corrected chi connectivity index (χ1v) is 17.0. The summed E-state index contributed by atoms with van der Waals surface area (Å²) in [6, 6.07) is 20.0. The van der Waals surface area contributed by atoms with Crippen LogP contribution in [0.5, 0.6) is 5.75 Å². The number of ether oxygens (including phenoxy) is 2. The zero-order chi connectivity index (χ0) is 29.8. The number of morpholine rings is 1. The number of hydrogen-bond donors (Lipinski definition) is 0. The van der Waals surface area contributed by atoms with Gasteiger partial charge in [0.15, 0.2) is 5.13 Å². The third-order valence-electron chi connectivity index (χ3n) is 7.93. The second kappa shape index (κ2) is 13.1. The average molecular weight is 621 g/mol. The summed E-state index contributed by atoms with van der Waals surface area (Å²) in [7, 11) is -3.70. The maximum absolute atomic E-state index is 13.9. The number of amides is 1. The zero-order valence-electron chi connectivity index (χ0n) is 24.3. The van der Waals surface area contributed by atoms with Crippen molar-refractivity contribution in [3.8, 4) is 5.75 Å². The summed E-state index contributed by atoms with van der Waals surface area (Å²) >= 11 is 1.45. The summed E-state index contributed by atoms with van der Waals surface area (Å²) in [5, 5.41) is 0.610. The molecule has 0 aliphatic carbocycles. The SMILES string of the molecule is CCOc1ccc2nc(N(CCCN3CCOCC3)C(=O)c3ccc(S(=O)(=O)N4CCc5ccccc5C4)cc3)sc2c1. The highest BCUT2D eigenvalue weighted by Crippen LogP contribution is 2.33. The smallest absolute Gasteiger partial charge is 0.260 e. The Morgan fingerprint density at radius 3 is 2.56 bits per heavy atom. The van der Waals surface area contributed by atoms with Gasteiger partial charge >= 0.3 is 0 Å². The molecule has 0 atom stereocenters. The molecule has 1 aromatic heterocycles. The fourth-order valence-electron chi connectivity index (χ4n) is 5.58. The molecule has 1 amide bonds. The van der Waals surface area contributed by atoms with E-state index in [-0.39, 0.29) is 10.8 Å². The summed E-state index contributed by atoms with van der Waals surface area (Å²) < 4.78 is 40.6. The molecule has 0 N–H and O–H groups in total. The van der Waals surface area contributed by atoms with Crippen molar-refractivity contribution in [2.24, 2.45) is 0 Å². The standard InChI is InChI=1S/C32H36N4O5S2/c1-2-41-27-10-13-29-30(22-27)42-32(33-29)36(16-5-15-34-18-20-40-21-19-34)31(37)25-8-11-28(12-9-25)43(38,39)35-17-14-24-6-3-4-7-26(24)23-35/h3-4,6-13,22H,2,5,14-21,23H2,1H3. The van der Waals surface area contributed by atoms with Crippen LogP contribution in [0.2, 0.25) is 0 Å². The molecule has 0 bridgehead atoms. The number of carbonyl (C=O) groups excluding carboxylic acids is 1. The quantitative estimate of drug-likeness (QED) is 0.251. The predicted octanol–water partition coefficient (Wildman–Crippen LogP) is 4.81. The fourth-order valence-corrected chi connectivity index (χ4v) is 8.01. The number of sulfonamides is 1. The summed E-state index contributed by atoms with van der Waals surface area (Å²) in [5.74, 6) is 0.561. The number of nitrogens with zero attached hydrogens (tertiary/aromatic N) is 4. The third-order valence-corrected chi connectivity index (χ3v) is 10.8. The molecule has 2 aliphatic rings. The Bertz CT molecular complexity index is 1680. The second-order valence-electron chi connectivity index (χ2n) is 10.7. The van der Waals surface area contributed by atoms with E-state index in [4.69, 9.17) is 14.5 Å². The van der Waals surface area contributed by atoms with Gasteiger partial charge in [0, 0.05) is 44.8 Å². The van der Waals surface area contributed by atoms with Crippen LogP contribution in [0.3, 0.4) is 0 Å². The molecule has 6 rings (SSSR count). The van der Waals surface area contributed by atoms with Crippen molar-refractivity contribution in [1.29, 1.82) is 0 Å². The molecule has 4 aromatic rings. The maximum atomic E-state index is 13.9. The number of hydrogen-bond acceptors (Lipinski definition) is 8. The van der Waals surface area contributed by atoms with E-state index in [9.17, 15) is 13.2 Å². The lowest BCUT2D eigenvalue weighted by atomic mass is 10.0. The number of aromatic nitrogens is 1. The predicted molar refractivity (Wildman–Crippen MR) is 169 cm³/mol. The van der Waals surface area contributed by atoms with E-state index in [1.165, 1.54) is 21.2 Å². The van der Waals surface area contributed by atoms with E-state index in [2.05, 4.69) is 11.0 Å². The Kier molecular flexibility index (Phi) is 9.06. The summed E-state index contributed by atoms with van der Waals surface area (Å²) in [4.78, 5) is 23.0. The number of fused-ring (bicyclic) bond motifs is 2. The van der Waals surface area contributed by atoms with E-state index in [1.807, 2.05) is 43.3 Å². The van der Waals surface area contributed by atoms with Gasteiger partial charge in [0.2, 0.25) is 10.0 Å². The van der Waals surface area contributed by atoms with Gasteiger partial charge < -0.3 is 9.47 Å². The topological polar surface area (TPSA) is 92.3 Å². The van der Waals surface area contributed by atoms with Crippen LogP contribution in [0.4, 0.5) is 5.13 Å². The molecular weight excluding hydrogens is 585 g/mol. The van der Waals surface area contributed by atoms with Gasteiger partial charge in [-0.1, -0.05) is 35.6 Å². The van der Waals surface area contributed by atoms with Gasteiger partial charge in [-0.15, -0.1) is 0 Å². The first-order chi connectivity index (χ1) is 20.9. The van der Waals surface area contributed by atoms with E-state index >= 15 is 0 Å². The van der Waals surface area contributed by atoms with Crippen LogP contribution in [0.25, 0.3) is 10.2 Å². The maximum Gasteiger partial charge on any atom is 0.260 e. The molecule has 43 heavy (non-hydrogen) atoms. The number of thiazole rings is 1. The van der Waals surface area contributed by atoms with Crippen LogP contribution in [0.15, 0.2) is 71.6 Å². The summed E-state index contributed by atoms with van der Waals surface area (Å²) in [5.41, 5.74) is 3.44. The number of benzene rings is 3. The first kappa shape index (κ1) is 29.7. The number of carbonyl (C=O) groups is 1. The third kappa shape index (κ3) is 6.61. The molecule has 0 saturated carbocycles. The minimum Gasteiger partial charge on any atom is -0.494 e. The van der Waals surface area contributed by atoms with Crippen LogP contribution in [-0.4, -0.2) is 81.1 Å². The molecule has 1 fully saturated rings. The van der Waals surface area contributed by atoms with Crippen LogP contribution >= 0.6 is 11.3 Å². The van der Waals surface area contributed by atoms with Gasteiger partial charge in [-0.25, -0.2) is 13.4 Å². The van der Waals surface area contributed by atoms with E-state index in [1.54, 1.807) is 29.2 Å². The molecule has 9 nitrogen and oxygen atoms in total. The van der Waals surface area contributed by atoms with Crippen molar-refractivity contribution in [3.63, 3.8) is 0 Å². The Labute approximate surface area is 256 Å². The molecular formula is C32H36N4O5S2. The van der Waals surface area contributed by atoms with Crippen LogP contribution in [-0.2, 0) is 27.7 Å². The molecule has 0 unspecified atom stereocenters. The van der Waals surface area contributed by atoms with Crippen LogP contribution < -0.4 is 9.64 Å². The molecule has 1 saturated heterocycles. The lowest BCUT2D eigenvalue weighted by molar-refractivity contribution is 0.0376. The number of rotatable bonds is 10. The molecule has 3 heterocycles. The Morgan fingerprint density at radius 2 is 1.79 bits per heavy atom. The van der Waals surface area contributed by atoms with Gasteiger partial charge in [0.1, 0.15) is 5.75 Å². The normalized spacial score (nSPS) is 16.2. The van der Waals surface area contributed by atoms with Gasteiger partial charge in [-0.3, -0.25) is 14.6 Å². The largest absolute Gasteiger partial charge is 0.494 e. The molecule has 0 radical (unpaired) electrons. The van der Waals surface area contributed by atoms with Gasteiger partial charge in [0.05, 0.1) is 34.9 Å². The molecule has 11 heteroatoms. The Morgan fingerprint density at radius 1 is 1.02 bits per heavy atom. The minimum absolute atomic E-state index is 0.186. The number of anilines is 1. The molecule has 3 aromatic carbocycles. The van der Waals surface area contributed by atoms with Gasteiger partial charge in [0.25, 0.3) is 5.91 Å². The van der Waals surface area contributed by atoms with Crippen molar-refractivity contribution >= 4 is 42.6 Å². The highest BCUT2D eigenvalue weighted by atomic mass is 32.2. The summed E-state index contributed by atoms with van der Waals surface area (Å²) in [6.07, 6.45) is 1.45. The fraction of sp³-hybridized carbons (Fsp3) is 0.375. The Hall–Kier alpha value is -3.35. The van der Waals surface area contributed by atoms with Gasteiger partial charge in [-0.05, 0) is 73.4 Å². The Balaban J connectivity index is 1.22. The molecule has 226 valence electrons. The summed E-state index contributed by atoms with van der Waals surface area (Å²) in [6.45, 7) is 7.84. The molecule has 2 aliphatic heterocycles.